The van der Waals surface area contributed by atoms with Crippen molar-refractivity contribution in [1.29, 1.82) is 0 Å². The number of carbonyl (C=O) groups excluding carboxylic acids is 3. The van der Waals surface area contributed by atoms with Crippen LogP contribution < -0.4 is 10.6 Å². The first-order valence-corrected chi connectivity index (χ1v) is 13.0. The van der Waals surface area contributed by atoms with E-state index < -0.39 is 23.8 Å². The third-order valence-electron chi connectivity index (χ3n) is 5.72. The van der Waals surface area contributed by atoms with Gasteiger partial charge in [-0.15, -0.1) is 0 Å². The summed E-state index contributed by atoms with van der Waals surface area (Å²) in [5.74, 6) is -0.0593. The second-order valence-electron chi connectivity index (χ2n) is 10.7. The molecule has 0 radical (unpaired) electrons. The summed E-state index contributed by atoms with van der Waals surface area (Å²) < 4.78 is 5.35. The van der Waals surface area contributed by atoms with Crippen LogP contribution in [0.25, 0.3) is 0 Å². The molecule has 0 bridgehead atoms. The molecule has 7 heteroatoms. The molecule has 35 heavy (non-hydrogen) atoms. The van der Waals surface area contributed by atoms with Crippen LogP contribution in [-0.2, 0) is 14.3 Å². The minimum Gasteiger partial charge on any atom is -0.444 e. The molecule has 3 amide bonds. The molecule has 7 nitrogen and oxygen atoms in total. The van der Waals surface area contributed by atoms with Crippen LogP contribution in [0.5, 0.6) is 0 Å². The lowest BCUT2D eigenvalue weighted by atomic mass is 9.97. The molecule has 0 saturated heterocycles. The van der Waals surface area contributed by atoms with E-state index in [0.717, 1.165) is 37.7 Å². The Morgan fingerprint density at radius 3 is 2.14 bits per heavy atom. The van der Waals surface area contributed by atoms with Gasteiger partial charge in [-0.05, 0) is 65.4 Å². The average Bonchev–Trinajstić information content (AvgIpc) is 2.77. The van der Waals surface area contributed by atoms with Crippen molar-refractivity contribution in [3.05, 3.63) is 35.9 Å². The van der Waals surface area contributed by atoms with Crippen LogP contribution in [-0.4, -0.2) is 47.0 Å². The predicted molar refractivity (Wildman–Crippen MR) is 141 cm³/mol. The number of nitrogens with one attached hydrogen (secondary N) is 2. The molecule has 0 aliphatic rings. The molecule has 1 aromatic carbocycles. The molecule has 0 spiro atoms. The van der Waals surface area contributed by atoms with E-state index in [1.165, 1.54) is 0 Å². The first-order valence-electron chi connectivity index (χ1n) is 13.0. The monoisotopic (exact) mass is 489 g/mol. The smallest absolute Gasteiger partial charge is 0.408 e. The van der Waals surface area contributed by atoms with Crippen LogP contribution in [0.3, 0.4) is 0 Å². The van der Waals surface area contributed by atoms with Gasteiger partial charge in [-0.25, -0.2) is 4.79 Å². The van der Waals surface area contributed by atoms with Crippen LogP contribution in [0.1, 0.15) is 99.1 Å². The van der Waals surface area contributed by atoms with E-state index in [0.29, 0.717) is 12.5 Å². The number of hydrogen-bond donors (Lipinski definition) is 2. The molecule has 0 fully saturated rings. The molecule has 1 aromatic rings. The maximum Gasteiger partial charge on any atom is 0.408 e. The van der Waals surface area contributed by atoms with Gasteiger partial charge in [-0.1, -0.05) is 63.9 Å². The number of nitrogens with zero attached hydrogens (tertiary/aromatic N) is 1. The van der Waals surface area contributed by atoms with E-state index in [2.05, 4.69) is 31.4 Å². The number of rotatable bonds is 13. The maximum absolute atomic E-state index is 13.8. The lowest BCUT2D eigenvalue weighted by Gasteiger charge is -2.38. The molecule has 0 heterocycles. The molecule has 2 N–H and O–H groups in total. The van der Waals surface area contributed by atoms with E-state index in [9.17, 15) is 14.4 Å². The Bertz CT molecular complexity index is 789. The third-order valence-corrected chi connectivity index (χ3v) is 5.72. The molecular formula is C28H47N3O4. The molecule has 0 aliphatic carbocycles. The van der Waals surface area contributed by atoms with Crippen molar-refractivity contribution in [2.75, 3.05) is 6.54 Å². The Balaban J connectivity index is 3.29. The summed E-state index contributed by atoms with van der Waals surface area (Å²) in [6.45, 7) is 15.9. The van der Waals surface area contributed by atoms with Crippen LogP contribution in [0.4, 0.5) is 4.79 Å². The summed E-state index contributed by atoms with van der Waals surface area (Å²) in [7, 11) is 0. The predicted octanol–water partition coefficient (Wildman–Crippen LogP) is 5.60. The number of benzene rings is 1. The van der Waals surface area contributed by atoms with Crippen LogP contribution in [0.15, 0.2) is 30.3 Å². The average molecular weight is 490 g/mol. The SMILES string of the molecule is CCCCCNC(=O)C(c1ccccc1)N(C(=O)C(C)NC(=O)OC(C)(C)C)C(C)CCC(C)C. The summed E-state index contributed by atoms with van der Waals surface area (Å²) >= 11 is 0. The van der Waals surface area contributed by atoms with Gasteiger partial charge in [0.1, 0.15) is 17.7 Å². The van der Waals surface area contributed by atoms with Gasteiger partial charge in [-0.2, -0.15) is 0 Å². The van der Waals surface area contributed by atoms with Gasteiger partial charge in [0, 0.05) is 12.6 Å². The van der Waals surface area contributed by atoms with Crippen molar-refractivity contribution in [1.82, 2.24) is 15.5 Å². The second-order valence-corrected chi connectivity index (χ2v) is 10.7. The van der Waals surface area contributed by atoms with Gasteiger partial charge < -0.3 is 20.3 Å². The molecular weight excluding hydrogens is 442 g/mol. The number of unbranched alkanes of at least 4 members (excludes halogenated alkanes) is 2. The first kappa shape index (κ1) is 30.5. The minimum absolute atomic E-state index is 0.207. The molecule has 0 aromatic heterocycles. The fourth-order valence-electron chi connectivity index (χ4n) is 3.84. The van der Waals surface area contributed by atoms with Gasteiger partial charge in [-0.3, -0.25) is 9.59 Å². The number of ether oxygens (including phenoxy) is 1. The molecule has 1 rings (SSSR count). The Morgan fingerprint density at radius 1 is 0.971 bits per heavy atom. The van der Waals surface area contributed by atoms with Gasteiger partial charge >= 0.3 is 6.09 Å². The second kappa shape index (κ2) is 14.7. The maximum atomic E-state index is 13.8. The van der Waals surface area contributed by atoms with Crippen molar-refractivity contribution in [3.63, 3.8) is 0 Å². The van der Waals surface area contributed by atoms with Crippen molar-refractivity contribution >= 4 is 17.9 Å². The summed E-state index contributed by atoms with van der Waals surface area (Å²) in [4.78, 5) is 41.3. The van der Waals surface area contributed by atoms with E-state index in [-0.39, 0.29) is 17.9 Å². The Morgan fingerprint density at radius 2 is 1.60 bits per heavy atom. The van der Waals surface area contributed by atoms with Gasteiger partial charge in [0.15, 0.2) is 0 Å². The van der Waals surface area contributed by atoms with Crippen LogP contribution in [0.2, 0.25) is 0 Å². The lowest BCUT2D eigenvalue weighted by molar-refractivity contribution is -0.144. The van der Waals surface area contributed by atoms with Crippen molar-refractivity contribution < 1.29 is 19.1 Å². The first-order chi connectivity index (χ1) is 16.4. The number of amides is 3. The van der Waals surface area contributed by atoms with Gasteiger partial charge in [0.2, 0.25) is 11.8 Å². The largest absolute Gasteiger partial charge is 0.444 e. The van der Waals surface area contributed by atoms with Crippen molar-refractivity contribution in [3.8, 4) is 0 Å². The van der Waals surface area contributed by atoms with Crippen LogP contribution in [0, 0.1) is 5.92 Å². The zero-order valence-electron chi connectivity index (χ0n) is 23.0. The molecule has 3 unspecified atom stereocenters. The summed E-state index contributed by atoms with van der Waals surface area (Å²) in [5.41, 5.74) is 0.0666. The lowest BCUT2D eigenvalue weighted by Crippen LogP contribution is -2.54. The van der Waals surface area contributed by atoms with E-state index >= 15 is 0 Å². The summed E-state index contributed by atoms with van der Waals surface area (Å²) in [6.07, 6.45) is 3.97. The zero-order valence-corrected chi connectivity index (χ0v) is 23.0. The third kappa shape index (κ3) is 11.1. The summed E-state index contributed by atoms with van der Waals surface area (Å²) in [6, 6.07) is 7.52. The highest BCUT2D eigenvalue weighted by Crippen LogP contribution is 2.27. The Hall–Kier alpha value is -2.57. The fourth-order valence-corrected chi connectivity index (χ4v) is 3.84. The quantitative estimate of drug-likeness (QED) is 0.353. The highest BCUT2D eigenvalue weighted by Gasteiger charge is 2.37. The fraction of sp³-hybridized carbons (Fsp3) is 0.679. The van der Waals surface area contributed by atoms with E-state index in [4.69, 9.17) is 4.74 Å². The van der Waals surface area contributed by atoms with Crippen molar-refractivity contribution in [2.45, 2.75) is 111 Å². The standard InChI is InChI=1S/C28H47N3O4/c1-9-10-14-19-29-25(32)24(23-15-12-11-13-16-23)31(21(4)18-17-20(2)3)26(33)22(5)30-27(34)35-28(6,7)8/h11-13,15-16,20-22,24H,9-10,14,17-19H2,1-8H3,(H,29,32)(H,30,34). The van der Waals surface area contributed by atoms with Gasteiger partial charge in [0.05, 0.1) is 0 Å². The highest BCUT2D eigenvalue weighted by molar-refractivity contribution is 5.92. The van der Waals surface area contributed by atoms with Crippen molar-refractivity contribution in [2.24, 2.45) is 5.92 Å². The molecule has 198 valence electrons. The minimum atomic E-state index is -0.856. The number of alkyl carbamates (subject to hydrolysis) is 1. The Labute approximate surface area is 212 Å². The summed E-state index contributed by atoms with van der Waals surface area (Å²) in [5, 5.41) is 5.69. The van der Waals surface area contributed by atoms with E-state index in [1.54, 1.807) is 32.6 Å². The number of hydrogen-bond acceptors (Lipinski definition) is 4. The van der Waals surface area contributed by atoms with Gasteiger partial charge in [0.25, 0.3) is 0 Å². The Kier molecular flexibility index (Phi) is 12.8. The van der Waals surface area contributed by atoms with Crippen LogP contribution >= 0.6 is 0 Å². The topological polar surface area (TPSA) is 87.7 Å². The normalized spacial score (nSPS) is 14.1. The molecule has 0 saturated carbocycles. The molecule has 3 atom stereocenters. The molecule has 0 aliphatic heterocycles. The highest BCUT2D eigenvalue weighted by atomic mass is 16.6. The zero-order chi connectivity index (χ0) is 26.6. The number of carbonyl (C=O) groups is 3. The van der Waals surface area contributed by atoms with E-state index in [1.807, 2.05) is 37.3 Å².